The van der Waals surface area contributed by atoms with Crippen LogP contribution in [0.3, 0.4) is 0 Å². The van der Waals surface area contributed by atoms with E-state index in [1.807, 2.05) is 51.1 Å². The molecular weight excluding hydrogens is 292 g/mol. The van der Waals surface area contributed by atoms with Crippen LogP contribution in [-0.4, -0.2) is 23.6 Å². The molecule has 0 spiro atoms. The fourth-order valence-electron chi connectivity index (χ4n) is 2.75. The van der Waals surface area contributed by atoms with Crippen molar-refractivity contribution < 1.29 is 14.3 Å². The Morgan fingerprint density at radius 3 is 2.52 bits per heavy atom. The van der Waals surface area contributed by atoms with Gasteiger partial charge < -0.3 is 15.4 Å². The summed E-state index contributed by atoms with van der Waals surface area (Å²) in [5, 5.41) is 5.82. The third kappa shape index (κ3) is 5.93. The van der Waals surface area contributed by atoms with Gasteiger partial charge in [-0.25, -0.2) is 4.79 Å². The minimum Gasteiger partial charge on any atom is -0.444 e. The number of hydrogen-bond donors (Lipinski definition) is 2. The van der Waals surface area contributed by atoms with E-state index in [2.05, 4.69) is 10.6 Å². The first-order valence-electron chi connectivity index (χ1n) is 8.14. The number of carbonyl (C=O) groups excluding carboxylic acids is 2. The predicted molar refractivity (Wildman–Crippen MR) is 88.8 cm³/mol. The smallest absolute Gasteiger partial charge is 0.407 e. The number of ether oxygens (including phenoxy) is 1. The maximum Gasteiger partial charge on any atom is 0.407 e. The minimum atomic E-state index is -0.505. The maximum absolute atomic E-state index is 12.2. The number of carbonyl (C=O) groups is 2. The van der Waals surface area contributed by atoms with Gasteiger partial charge in [-0.1, -0.05) is 30.3 Å². The highest BCUT2D eigenvalue weighted by molar-refractivity contribution is 5.79. The highest BCUT2D eigenvalue weighted by atomic mass is 16.6. The molecule has 1 aliphatic rings. The summed E-state index contributed by atoms with van der Waals surface area (Å²) in [5.74, 6) is 0.0148. The molecule has 0 heterocycles. The molecular formula is C18H26N2O3. The van der Waals surface area contributed by atoms with Gasteiger partial charge in [-0.05, 0) is 45.6 Å². The van der Waals surface area contributed by atoms with E-state index < -0.39 is 11.7 Å². The Balaban J connectivity index is 1.74. The molecule has 5 heteroatoms. The molecule has 0 radical (unpaired) electrons. The SMILES string of the molecule is CC(C)(C)OC(=O)N[C@@H]1CC[C@@H](C(=O)NCc2ccccc2)C1. The van der Waals surface area contributed by atoms with Gasteiger partial charge in [0.25, 0.3) is 0 Å². The number of nitrogens with one attached hydrogen (secondary N) is 2. The van der Waals surface area contributed by atoms with Crippen LogP contribution in [0.25, 0.3) is 0 Å². The monoisotopic (exact) mass is 318 g/mol. The standard InChI is InChI=1S/C18H26N2O3/c1-18(2,3)23-17(22)20-15-10-9-14(11-15)16(21)19-12-13-7-5-4-6-8-13/h4-8,14-15H,9-12H2,1-3H3,(H,19,21)(H,20,22)/t14-,15-/m1/s1. The van der Waals surface area contributed by atoms with Gasteiger partial charge in [-0.15, -0.1) is 0 Å². The van der Waals surface area contributed by atoms with Gasteiger partial charge in [0.1, 0.15) is 5.60 Å². The van der Waals surface area contributed by atoms with Crippen molar-refractivity contribution >= 4 is 12.0 Å². The summed E-state index contributed by atoms with van der Waals surface area (Å²) in [6.45, 7) is 6.05. The van der Waals surface area contributed by atoms with Crippen LogP contribution in [0.2, 0.25) is 0 Å². The topological polar surface area (TPSA) is 67.4 Å². The van der Waals surface area contributed by atoms with E-state index in [4.69, 9.17) is 4.74 Å². The van der Waals surface area contributed by atoms with Gasteiger partial charge in [-0.2, -0.15) is 0 Å². The number of amides is 2. The Kier molecular flexibility index (Phi) is 5.64. The van der Waals surface area contributed by atoms with Crippen molar-refractivity contribution in [3.63, 3.8) is 0 Å². The summed E-state index contributed by atoms with van der Waals surface area (Å²) in [4.78, 5) is 24.0. The van der Waals surface area contributed by atoms with E-state index in [0.29, 0.717) is 13.0 Å². The van der Waals surface area contributed by atoms with Gasteiger partial charge >= 0.3 is 6.09 Å². The molecule has 5 nitrogen and oxygen atoms in total. The highest BCUT2D eigenvalue weighted by Crippen LogP contribution is 2.26. The van der Waals surface area contributed by atoms with Crippen molar-refractivity contribution in [2.75, 3.05) is 0 Å². The summed E-state index contributed by atoms with van der Waals surface area (Å²) >= 11 is 0. The molecule has 0 aliphatic heterocycles. The van der Waals surface area contributed by atoms with Crippen LogP contribution >= 0.6 is 0 Å². The van der Waals surface area contributed by atoms with E-state index in [1.165, 1.54) is 0 Å². The first kappa shape index (κ1) is 17.3. The maximum atomic E-state index is 12.2. The molecule has 0 aromatic heterocycles. The number of hydrogen-bond acceptors (Lipinski definition) is 3. The fraction of sp³-hybridized carbons (Fsp3) is 0.556. The molecule has 2 amide bonds. The molecule has 0 bridgehead atoms. The van der Waals surface area contributed by atoms with Crippen molar-refractivity contribution in [1.82, 2.24) is 10.6 Å². The number of alkyl carbamates (subject to hydrolysis) is 1. The molecule has 126 valence electrons. The number of benzene rings is 1. The normalized spacial score (nSPS) is 20.8. The lowest BCUT2D eigenvalue weighted by molar-refractivity contribution is -0.125. The third-order valence-electron chi connectivity index (χ3n) is 3.83. The second-order valence-corrected chi connectivity index (χ2v) is 7.06. The second-order valence-electron chi connectivity index (χ2n) is 7.06. The zero-order valence-corrected chi connectivity index (χ0v) is 14.1. The Hall–Kier alpha value is -2.04. The first-order valence-corrected chi connectivity index (χ1v) is 8.14. The molecule has 2 N–H and O–H groups in total. The van der Waals surface area contributed by atoms with Crippen molar-refractivity contribution in [2.45, 2.75) is 58.2 Å². The van der Waals surface area contributed by atoms with Crippen molar-refractivity contribution in [2.24, 2.45) is 5.92 Å². The summed E-state index contributed by atoms with van der Waals surface area (Å²) < 4.78 is 5.25. The lowest BCUT2D eigenvalue weighted by Gasteiger charge is -2.21. The van der Waals surface area contributed by atoms with Crippen LogP contribution in [-0.2, 0) is 16.1 Å². The molecule has 23 heavy (non-hydrogen) atoms. The van der Waals surface area contributed by atoms with Gasteiger partial charge in [0, 0.05) is 18.5 Å². The zero-order valence-electron chi connectivity index (χ0n) is 14.1. The summed E-state index contributed by atoms with van der Waals surface area (Å²) in [5.41, 5.74) is 0.581. The fourth-order valence-corrected chi connectivity index (χ4v) is 2.75. The van der Waals surface area contributed by atoms with Crippen LogP contribution < -0.4 is 10.6 Å². The highest BCUT2D eigenvalue weighted by Gasteiger charge is 2.31. The van der Waals surface area contributed by atoms with Crippen molar-refractivity contribution in [1.29, 1.82) is 0 Å². The lowest BCUT2D eigenvalue weighted by atomic mass is 10.1. The van der Waals surface area contributed by atoms with E-state index in [-0.39, 0.29) is 17.9 Å². The molecule has 0 saturated heterocycles. The quantitative estimate of drug-likeness (QED) is 0.897. The van der Waals surface area contributed by atoms with Crippen molar-refractivity contribution in [3.8, 4) is 0 Å². The molecule has 2 rings (SSSR count). The average molecular weight is 318 g/mol. The molecule has 0 unspecified atom stereocenters. The van der Waals surface area contributed by atoms with Gasteiger partial charge in [0.15, 0.2) is 0 Å². The van der Waals surface area contributed by atoms with Crippen molar-refractivity contribution in [3.05, 3.63) is 35.9 Å². The molecule has 2 atom stereocenters. The van der Waals surface area contributed by atoms with Gasteiger partial charge in [0.05, 0.1) is 0 Å². The van der Waals surface area contributed by atoms with Gasteiger partial charge in [0.2, 0.25) is 5.91 Å². The second kappa shape index (κ2) is 7.49. The zero-order chi connectivity index (χ0) is 16.9. The Labute approximate surface area is 137 Å². The van der Waals surface area contributed by atoms with Crippen LogP contribution in [0.4, 0.5) is 4.79 Å². The minimum absolute atomic E-state index is 0.0114. The average Bonchev–Trinajstić information content (AvgIpc) is 2.92. The Morgan fingerprint density at radius 1 is 1.17 bits per heavy atom. The molecule has 1 saturated carbocycles. The van der Waals surface area contributed by atoms with E-state index in [9.17, 15) is 9.59 Å². The van der Waals surface area contributed by atoms with Crippen LogP contribution in [0.1, 0.15) is 45.6 Å². The Morgan fingerprint density at radius 2 is 1.87 bits per heavy atom. The van der Waals surface area contributed by atoms with Crippen LogP contribution in [0.15, 0.2) is 30.3 Å². The Bertz CT molecular complexity index is 537. The largest absolute Gasteiger partial charge is 0.444 e. The molecule has 1 aromatic rings. The summed E-state index contributed by atoms with van der Waals surface area (Å²) in [7, 11) is 0. The third-order valence-corrected chi connectivity index (χ3v) is 3.83. The predicted octanol–water partition coefficient (Wildman–Crippen LogP) is 3.00. The van der Waals surface area contributed by atoms with E-state index >= 15 is 0 Å². The van der Waals surface area contributed by atoms with Crippen LogP contribution in [0, 0.1) is 5.92 Å². The molecule has 1 aliphatic carbocycles. The molecule has 1 fully saturated rings. The van der Waals surface area contributed by atoms with E-state index in [0.717, 1.165) is 18.4 Å². The number of rotatable bonds is 4. The lowest BCUT2D eigenvalue weighted by Crippen LogP contribution is -2.38. The first-order chi connectivity index (χ1) is 10.8. The van der Waals surface area contributed by atoms with E-state index in [1.54, 1.807) is 0 Å². The van der Waals surface area contributed by atoms with Crippen LogP contribution in [0.5, 0.6) is 0 Å². The van der Waals surface area contributed by atoms with Gasteiger partial charge in [-0.3, -0.25) is 4.79 Å². The summed E-state index contributed by atoms with van der Waals surface area (Å²) in [6, 6.07) is 9.85. The molecule has 1 aromatic carbocycles. The summed E-state index contributed by atoms with van der Waals surface area (Å²) in [6.07, 6.45) is 1.86.